The molecule has 3 rings (SSSR count). The summed E-state index contributed by atoms with van der Waals surface area (Å²) in [5, 5.41) is 20.2. The molecule has 4 nitrogen and oxygen atoms in total. The van der Waals surface area contributed by atoms with Gasteiger partial charge in [0.2, 0.25) is 0 Å². The van der Waals surface area contributed by atoms with Crippen LogP contribution in [0.2, 0.25) is 10.0 Å². The summed E-state index contributed by atoms with van der Waals surface area (Å²) in [5.41, 5.74) is 0. The maximum Gasteiger partial charge on any atom is 0.345 e. The zero-order chi connectivity index (χ0) is 21.1. The molecule has 1 aromatic carbocycles. The van der Waals surface area contributed by atoms with Gasteiger partial charge in [-0.05, 0) is 61.9 Å². The van der Waals surface area contributed by atoms with Crippen molar-refractivity contribution >= 4 is 62.9 Å². The van der Waals surface area contributed by atoms with E-state index >= 15 is 0 Å². The molecule has 9 heteroatoms. The lowest BCUT2D eigenvalue weighted by Crippen LogP contribution is -2.26. The van der Waals surface area contributed by atoms with Crippen molar-refractivity contribution < 1.29 is 19.2 Å². The lowest BCUT2D eigenvalue weighted by atomic mass is 9.91. The van der Waals surface area contributed by atoms with Crippen molar-refractivity contribution in [2.24, 2.45) is 11.8 Å². The van der Waals surface area contributed by atoms with Gasteiger partial charge in [-0.3, -0.25) is 4.21 Å². The highest BCUT2D eigenvalue weighted by Gasteiger charge is 2.42. The molecule has 0 radical (unpaired) electrons. The number of aromatic carboxylic acids is 1. The van der Waals surface area contributed by atoms with Crippen LogP contribution in [-0.2, 0) is 17.2 Å². The standard InChI is InChI=1S/C20H21Cl3O4S2/c21-11-6-12(22)8-14(7-11)29(27)10-16-15(17(23)9-18(16)24)3-1-2-13-4-5-19(28-13)20(25)26/h4-8,15-18,24H,1-3,9-10H2,(H,25,26). The third kappa shape index (κ3) is 5.96. The first-order valence-electron chi connectivity index (χ1n) is 9.23. The molecule has 0 amide bonds. The Hall–Kier alpha value is -0.630. The van der Waals surface area contributed by atoms with Crippen LogP contribution in [0.5, 0.6) is 0 Å². The van der Waals surface area contributed by atoms with Crippen molar-refractivity contribution in [3.63, 3.8) is 0 Å². The number of carboxylic acid groups (broad SMARTS) is 1. The van der Waals surface area contributed by atoms with Crippen LogP contribution >= 0.6 is 46.1 Å². The van der Waals surface area contributed by atoms with Crippen molar-refractivity contribution in [3.8, 4) is 0 Å². The SMILES string of the molecule is O=C(O)c1ccc(CCCC2C(Cl)CC(O)C2CS(=O)c2cc(Cl)cc(Cl)c2)s1. The zero-order valence-corrected chi connectivity index (χ0v) is 19.3. The van der Waals surface area contributed by atoms with Gasteiger partial charge in [0, 0.05) is 36.9 Å². The summed E-state index contributed by atoms with van der Waals surface area (Å²) in [5.74, 6) is -0.740. The molecule has 5 atom stereocenters. The lowest BCUT2D eigenvalue weighted by molar-refractivity contribution is 0.0702. The molecule has 0 spiro atoms. The van der Waals surface area contributed by atoms with Gasteiger partial charge >= 0.3 is 5.97 Å². The maximum atomic E-state index is 12.9. The van der Waals surface area contributed by atoms with Crippen molar-refractivity contribution in [2.45, 2.75) is 42.1 Å². The zero-order valence-electron chi connectivity index (χ0n) is 15.4. The quantitative estimate of drug-likeness (QED) is 0.475. The Kier molecular flexibility index (Phi) is 8.04. The van der Waals surface area contributed by atoms with Gasteiger partial charge in [0.25, 0.3) is 0 Å². The average molecular weight is 496 g/mol. The van der Waals surface area contributed by atoms with Crippen LogP contribution in [0.15, 0.2) is 35.2 Å². The van der Waals surface area contributed by atoms with Gasteiger partial charge in [-0.2, -0.15) is 0 Å². The summed E-state index contributed by atoms with van der Waals surface area (Å²) in [4.78, 5) is 12.9. The number of hydrogen-bond donors (Lipinski definition) is 2. The average Bonchev–Trinajstić information content (AvgIpc) is 3.21. The Balaban J connectivity index is 1.62. The Bertz CT molecular complexity index is 881. The van der Waals surface area contributed by atoms with Gasteiger partial charge in [-0.15, -0.1) is 22.9 Å². The molecule has 29 heavy (non-hydrogen) atoms. The van der Waals surface area contributed by atoms with Gasteiger partial charge in [-0.1, -0.05) is 23.2 Å². The molecule has 1 saturated carbocycles. The van der Waals surface area contributed by atoms with Gasteiger partial charge < -0.3 is 10.2 Å². The Morgan fingerprint density at radius 1 is 1.17 bits per heavy atom. The topological polar surface area (TPSA) is 74.6 Å². The van der Waals surface area contributed by atoms with Crippen molar-refractivity contribution in [1.29, 1.82) is 0 Å². The summed E-state index contributed by atoms with van der Waals surface area (Å²) in [6.45, 7) is 0. The summed E-state index contributed by atoms with van der Waals surface area (Å²) < 4.78 is 12.9. The van der Waals surface area contributed by atoms with Gasteiger partial charge in [0.1, 0.15) is 4.88 Å². The predicted octanol–water partition coefficient (Wildman–Crippen LogP) is 5.49. The van der Waals surface area contributed by atoms with Gasteiger partial charge in [0.05, 0.1) is 16.9 Å². The van der Waals surface area contributed by atoms with Crippen LogP contribution in [0.25, 0.3) is 0 Å². The van der Waals surface area contributed by atoms with Crippen molar-refractivity contribution in [1.82, 2.24) is 0 Å². The fourth-order valence-electron chi connectivity index (χ4n) is 3.83. The predicted molar refractivity (Wildman–Crippen MR) is 119 cm³/mol. The number of hydrogen-bond acceptors (Lipinski definition) is 4. The Morgan fingerprint density at radius 2 is 1.86 bits per heavy atom. The second-order valence-electron chi connectivity index (χ2n) is 7.23. The fourth-order valence-corrected chi connectivity index (χ4v) is 7.40. The summed E-state index contributed by atoms with van der Waals surface area (Å²) in [6.07, 6.45) is 2.25. The van der Waals surface area contributed by atoms with Gasteiger partial charge in [-0.25, -0.2) is 4.79 Å². The number of carboxylic acids is 1. The van der Waals surface area contributed by atoms with Crippen LogP contribution < -0.4 is 0 Å². The van der Waals surface area contributed by atoms with E-state index in [1.807, 2.05) is 6.07 Å². The van der Waals surface area contributed by atoms with E-state index in [9.17, 15) is 14.1 Å². The second-order valence-corrected chi connectivity index (χ2v) is 11.3. The van der Waals surface area contributed by atoms with E-state index in [0.29, 0.717) is 32.0 Å². The van der Waals surface area contributed by atoms with E-state index in [4.69, 9.17) is 39.9 Å². The molecule has 2 N–H and O–H groups in total. The Morgan fingerprint density at radius 3 is 2.48 bits per heavy atom. The van der Waals surface area contributed by atoms with Crippen molar-refractivity contribution in [3.05, 3.63) is 50.1 Å². The Labute approximate surface area is 191 Å². The van der Waals surface area contributed by atoms with E-state index in [2.05, 4.69) is 0 Å². The molecule has 0 aliphatic heterocycles. The minimum absolute atomic E-state index is 0.0455. The monoisotopic (exact) mass is 494 g/mol. The molecule has 0 saturated heterocycles. The third-order valence-corrected chi connectivity index (χ3v) is 8.77. The first-order chi connectivity index (χ1) is 13.7. The van der Waals surface area contributed by atoms with Crippen LogP contribution in [-0.4, -0.2) is 37.6 Å². The largest absolute Gasteiger partial charge is 0.477 e. The molecule has 1 aliphatic carbocycles. The molecule has 5 unspecified atom stereocenters. The van der Waals surface area contributed by atoms with E-state index in [-0.39, 0.29) is 17.2 Å². The smallest absolute Gasteiger partial charge is 0.345 e. The molecule has 2 aromatic rings. The molecule has 0 bridgehead atoms. The summed E-state index contributed by atoms with van der Waals surface area (Å²) in [7, 11) is -1.34. The fraction of sp³-hybridized carbons (Fsp3) is 0.450. The normalized spacial score (nSPS) is 25.2. The number of halogens is 3. The number of thiophene rings is 1. The highest BCUT2D eigenvalue weighted by Crippen LogP contribution is 2.40. The number of aryl methyl sites for hydroxylation is 1. The van der Waals surface area contributed by atoms with Crippen LogP contribution in [0.4, 0.5) is 0 Å². The number of rotatable bonds is 8. The molecule has 158 valence electrons. The third-order valence-electron chi connectivity index (χ3n) is 5.25. The van der Waals surface area contributed by atoms with Crippen molar-refractivity contribution in [2.75, 3.05) is 5.75 Å². The molecular formula is C20H21Cl3O4S2. The van der Waals surface area contributed by atoms with Crippen LogP contribution in [0, 0.1) is 11.8 Å². The maximum absolute atomic E-state index is 12.9. The number of aliphatic hydroxyl groups is 1. The van der Waals surface area contributed by atoms with E-state index in [1.165, 1.54) is 11.3 Å². The van der Waals surface area contributed by atoms with E-state index in [1.54, 1.807) is 24.3 Å². The highest BCUT2D eigenvalue weighted by atomic mass is 35.5. The summed E-state index contributed by atoms with van der Waals surface area (Å²) in [6, 6.07) is 8.31. The first-order valence-corrected chi connectivity index (χ1v) is 12.6. The molecular weight excluding hydrogens is 475 g/mol. The molecule has 1 aliphatic rings. The first kappa shape index (κ1) is 23.0. The van der Waals surface area contributed by atoms with E-state index in [0.717, 1.165) is 24.1 Å². The van der Waals surface area contributed by atoms with E-state index < -0.39 is 22.9 Å². The number of benzene rings is 1. The second kappa shape index (κ2) is 10.1. The van der Waals surface area contributed by atoms with Gasteiger partial charge in [0.15, 0.2) is 0 Å². The molecule has 1 aromatic heterocycles. The minimum atomic E-state index is -1.34. The number of alkyl halides is 1. The van der Waals surface area contributed by atoms with Crippen LogP contribution in [0.1, 0.15) is 33.8 Å². The number of carbonyl (C=O) groups is 1. The summed E-state index contributed by atoms with van der Waals surface area (Å²) >= 11 is 19.8. The highest BCUT2D eigenvalue weighted by molar-refractivity contribution is 7.85. The number of aliphatic hydroxyl groups excluding tert-OH is 1. The molecule has 1 fully saturated rings. The van der Waals surface area contributed by atoms with Crippen LogP contribution in [0.3, 0.4) is 0 Å². The molecule has 1 heterocycles. The minimum Gasteiger partial charge on any atom is -0.477 e. The lowest BCUT2D eigenvalue weighted by Gasteiger charge is -2.23.